The van der Waals surface area contributed by atoms with Crippen molar-refractivity contribution in [3.63, 3.8) is 0 Å². The van der Waals surface area contributed by atoms with Crippen LogP contribution in [-0.4, -0.2) is 43.4 Å². The van der Waals surface area contributed by atoms with E-state index >= 15 is 0 Å². The Balaban J connectivity index is 2.31. The summed E-state index contributed by atoms with van der Waals surface area (Å²) in [5.41, 5.74) is 0. The van der Waals surface area contributed by atoms with E-state index in [9.17, 15) is 9.59 Å². The number of halogens is 1. The fraction of sp³-hybridized carbons (Fsp3) is 0.750. The highest BCUT2D eigenvalue weighted by Crippen LogP contribution is 2.51. The van der Waals surface area contributed by atoms with Crippen LogP contribution < -0.4 is 0 Å². The maximum absolute atomic E-state index is 11.3. The Bertz CT molecular complexity index is 311. The predicted molar refractivity (Wildman–Crippen MR) is 56.5 cm³/mol. The number of carboxylic acids is 1. The zero-order chi connectivity index (χ0) is 10.5. The molecule has 0 aromatic heterocycles. The summed E-state index contributed by atoms with van der Waals surface area (Å²) < 4.78 is -0.400. The van der Waals surface area contributed by atoms with Crippen LogP contribution in [0.4, 0.5) is 0 Å². The van der Waals surface area contributed by atoms with Crippen molar-refractivity contribution in [3.05, 3.63) is 0 Å². The maximum Gasteiger partial charge on any atom is 0.327 e. The van der Waals surface area contributed by atoms with Gasteiger partial charge in [-0.25, -0.2) is 4.79 Å². The molecule has 2 unspecified atom stereocenters. The van der Waals surface area contributed by atoms with Crippen LogP contribution in [0.25, 0.3) is 0 Å². The number of nitrogens with zero attached hydrogens (tertiary/aromatic N) is 1. The summed E-state index contributed by atoms with van der Waals surface area (Å²) in [4.78, 5) is 23.8. The van der Waals surface area contributed by atoms with Gasteiger partial charge < -0.3 is 10.0 Å². The lowest BCUT2D eigenvalue weighted by Crippen LogP contribution is -2.57. The minimum absolute atomic E-state index is 0.0421. The van der Waals surface area contributed by atoms with Gasteiger partial charge in [-0.2, -0.15) is 0 Å². The lowest BCUT2D eigenvalue weighted by atomic mass is 9.98. The zero-order valence-electron chi connectivity index (χ0n) is 7.57. The molecule has 0 radical (unpaired) electrons. The number of hydrogen-bond acceptors (Lipinski definition) is 3. The molecule has 2 fully saturated rings. The third-order valence-electron chi connectivity index (χ3n) is 2.71. The Labute approximate surface area is 94.1 Å². The Morgan fingerprint density at radius 1 is 1.86 bits per heavy atom. The number of carbonyl (C=O) groups excluding carboxylic acids is 1. The number of fused-ring (bicyclic) bond motifs is 1. The van der Waals surface area contributed by atoms with Crippen molar-refractivity contribution in [1.29, 1.82) is 0 Å². The standard InChI is InChI=1S/C8H10BrNO3S/c1-8(3-9)6(7(12)13)10-4(11)2-5(10)14-8/h5-6H,2-3H2,1H3,(H,12,13)/t5-,6?,8?/m1/s1. The van der Waals surface area contributed by atoms with Gasteiger partial charge in [-0.3, -0.25) is 4.79 Å². The molecule has 0 aromatic carbocycles. The summed E-state index contributed by atoms with van der Waals surface area (Å²) in [6, 6.07) is -0.682. The summed E-state index contributed by atoms with van der Waals surface area (Å²) in [6.07, 6.45) is 0.483. The number of carbonyl (C=O) groups is 2. The van der Waals surface area contributed by atoms with Crippen LogP contribution in [-0.2, 0) is 9.59 Å². The summed E-state index contributed by atoms with van der Waals surface area (Å²) in [5.74, 6) is -0.949. The van der Waals surface area contributed by atoms with Gasteiger partial charge in [-0.1, -0.05) is 15.9 Å². The fourth-order valence-electron chi connectivity index (χ4n) is 1.96. The van der Waals surface area contributed by atoms with E-state index in [1.54, 1.807) is 11.8 Å². The molecule has 2 saturated heterocycles. The highest BCUT2D eigenvalue weighted by Gasteiger charge is 2.60. The van der Waals surface area contributed by atoms with Gasteiger partial charge in [0.05, 0.1) is 16.5 Å². The number of alkyl halides is 1. The quantitative estimate of drug-likeness (QED) is 0.603. The van der Waals surface area contributed by atoms with E-state index < -0.39 is 16.8 Å². The number of rotatable bonds is 2. The number of thioether (sulfide) groups is 1. The van der Waals surface area contributed by atoms with E-state index in [4.69, 9.17) is 5.11 Å². The van der Waals surface area contributed by atoms with Gasteiger partial charge in [0.2, 0.25) is 5.91 Å². The van der Waals surface area contributed by atoms with E-state index in [-0.39, 0.29) is 11.3 Å². The van der Waals surface area contributed by atoms with E-state index in [2.05, 4.69) is 15.9 Å². The Morgan fingerprint density at radius 3 is 2.93 bits per heavy atom. The monoisotopic (exact) mass is 279 g/mol. The number of aliphatic carboxylic acids is 1. The average molecular weight is 280 g/mol. The zero-order valence-corrected chi connectivity index (χ0v) is 9.97. The summed E-state index contributed by atoms with van der Waals surface area (Å²) in [7, 11) is 0. The summed E-state index contributed by atoms with van der Waals surface area (Å²) >= 11 is 4.90. The van der Waals surface area contributed by atoms with Crippen molar-refractivity contribution in [1.82, 2.24) is 4.90 Å². The number of amides is 1. The molecule has 78 valence electrons. The molecule has 0 bridgehead atoms. The van der Waals surface area contributed by atoms with E-state index in [0.29, 0.717) is 11.8 Å². The Morgan fingerprint density at radius 2 is 2.50 bits per heavy atom. The normalized spacial score (nSPS) is 40.7. The molecule has 14 heavy (non-hydrogen) atoms. The van der Waals surface area contributed by atoms with Crippen LogP contribution in [0.1, 0.15) is 13.3 Å². The molecule has 2 heterocycles. The van der Waals surface area contributed by atoms with Gasteiger partial charge in [-0.05, 0) is 6.92 Å². The third kappa shape index (κ3) is 1.20. The van der Waals surface area contributed by atoms with Crippen LogP contribution in [0.15, 0.2) is 0 Å². The molecule has 2 aliphatic rings. The van der Waals surface area contributed by atoms with Crippen molar-refractivity contribution >= 4 is 39.6 Å². The predicted octanol–water partition coefficient (Wildman–Crippen LogP) is 0.898. The molecular weight excluding hydrogens is 270 g/mol. The lowest BCUT2D eigenvalue weighted by molar-refractivity contribution is -0.157. The van der Waals surface area contributed by atoms with Gasteiger partial charge in [0, 0.05) is 5.33 Å². The average Bonchev–Trinajstić information content (AvgIpc) is 2.35. The molecule has 0 aromatic rings. The maximum atomic E-state index is 11.3. The molecule has 0 spiro atoms. The van der Waals surface area contributed by atoms with Crippen LogP contribution in [0.3, 0.4) is 0 Å². The summed E-state index contributed by atoms with van der Waals surface area (Å²) in [5, 5.41) is 9.75. The molecule has 2 aliphatic heterocycles. The van der Waals surface area contributed by atoms with Crippen molar-refractivity contribution in [2.24, 2.45) is 0 Å². The topological polar surface area (TPSA) is 57.6 Å². The SMILES string of the molecule is CC1(CBr)S[C@@H]2CC(=O)N2C1C(=O)O. The van der Waals surface area contributed by atoms with Crippen molar-refractivity contribution in [2.45, 2.75) is 29.5 Å². The molecule has 6 heteroatoms. The molecule has 4 nitrogen and oxygen atoms in total. The fourth-order valence-corrected chi connectivity index (χ4v) is 4.27. The Kier molecular flexibility index (Phi) is 2.30. The van der Waals surface area contributed by atoms with E-state index in [1.165, 1.54) is 4.90 Å². The van der Waals surface area contributed by atoms with Crippen LogP contribution in [0, 0.1) is 0 Å². The molecule has 3 atom stereocenters. The molecule has 1 amide bonds. The van der Waals surface area contributed by atoms with Gasteiger partial charge in [-0.15, -0.1) is 11.8 Å². The first-order chi connectivity index (χ1) is 6.49. The van der Waals surface area contributed by atoms with Gasteiger partial charge in [0.1, 0.15) is 6.04 Å². The molecular formula is C8H10BrNO3S. The number of carboxylic acid groups (broad SMARTS) is 1. The molecule has 2 rings (SSSR count). The number of β-lactam (4-membered cyclic amide) rings is 1. The van der Waals surface area contributed by atoms with Crippen LogP contribution >= 0.6 is 27.7 Å². The summed E-state index contributed by atoms with van der Waals surface area (Å²) in [6.45, 7) is 1.89. The second-order valence-corrected chi connectivity index (χ2v) is 6.04. The molecule has 0 saturated carbocycles. The van der Waals surface area contributed by atoms with Gasteiger partial charge >= 0.3 is 5.97 Å². The second kappa shape index (κ2) is 3.13. The highest BCUT2D eigenvalue weighted by molar-refractivity contribution is 9.09. The minimum atomic E-state index is -0.907. The van der Waals surface area contributed by atoms with Crippen molar-refractivity contribution < 1.29 is 14.7 Å². The van der Waals surface area contributed by atoms with E-state index in [0.717, 1.165) is 0 Å². The van der Waals surface area contributed by atoms with Gasteiger partial charge in [0.25, 0.3) is 0 Å². The minimum Gasteiger partial charge on any atom is -0.480 e. The molecule has 1 N–H and O–H groups in total. The van der Waals surface area contributed by atoms with Crippen molar-refractivity contribution in [2.75, 3.05) is 5.33 Å². The van der Waals surface area contributed by atoms with Crippen molar-refractivity contribution in [3.8, 4) is 0 Å². The first-order valence-electron chi connectivity index (χ1n) is 4.27. The number of hydrogen-bond donors (Lipinski definition) is 1. The highest BCUT2D eigenvalue weighted by atomic mass is 79.9. The smallest absolute Gasteiger partial charge is 0.327 e. The largest absolute Gasteiger partial charge is 0.480 e. The van der Waals surface area contributed by atoms with Crippen LogP contribution in [0.5, 0.6) is 0 Å². The van der Waals surface area contributed by atoms with Crippen LogP contribution in [0.2, 0.25) is 0 Å². The van der Waals surface area contributed by atoms with E-state index in [1.807, 2.05) is 6.92 Å². The van der Waals surface area contributed by atoms with Gasteiger partial charge in [0.15, 0.2) is 0 Å². The molecule has 0 aliphatic carbocycles. The first-order valence-corrected chi connectivity index (χ1v) is 6.27. The Hall–Kier alpha value is -0.230. The third-order valence-corrected chi connectivity index (χ3v) is 5.82. The lowest BCUT2D eigenvalue weighted by Gasteiger charge is -2.36. The first kappa shape index (κ1) is 10.3. The second-order valence-electron chi connectivity index (χ2n) is 3.76.